The Labute approximate surface area is 134 Å². The quantitative estimate of drug-likeness (QED) is 0.641. The molecule has 0 spiro atoms. The number of anilines is 1. The SMILES string of the molecule is O=C(Nc1ccc(Cl)cc1Cl)c1ccc(Cl)cc1[N+](=O)[O-]. The van der Waals surface area contributed by atoms with Crippen molar-refractivity contribution in [1.29, 1.82) is 0 Å². The van der Waals surface area contributed by atoms with Gasteiger partial charge in [0.2, 0.25) is 0 Å². The standard InChI is InChI=1S/C13H7Cl3N2O3/c14-7-2-4-11(10(16)5-7)17-13(19)9-3-1-8(15)6-12(9)18(20)21/h1-6H,(H,17,19). The molecule has 0 heterocycles. The van der Waals surface area contributed by atoms with Crippen LogP contribution in [-0.2, 0) is 0 Å². The molecule has 1 amide bonds. The van der Waals surface area contributed by atoms with Gasteiger partial charge >= 0.3 is 0 Å². The molecule has 2 aromatic rings. The van der Waals surface area contributed by atoms with Crippen molar-refractivity contribution in [2.45, 2.75) is 0 Å². The lowest BCUT2D eigenvalue weighted by Gasteiger charge is -2.08. The van der Waals surface area contributed by atoms with Gasteiger partial charge in [-0.15, -0.1) is 0 Å². The Balaban J connectivity index is 2.34. The van der Waals surface area contributed by atoms with Crippen LogP contribution in [0.2, 0.25) is 15.1 Å². The monoisotopic (exact) mass is 344 g/mol. The van der Waals surface area contributed by atoms with Crippen molar-refractivity contribution in [3.8, 4) is 0 Å². The lowest BCUT2D eigenvalue weighted by Crippen LogP contribution is -2.14. The molecule has 108 valence electrons. The summed E-state index contributed by atoms with van der Waals surface area (Å²) in [5.41, 5.74) is -0.198. The number of amides is 1. The summed E-state index contributed by atoms with van der Waals surface area (Å²) < 4.78 is 0. The summed E-state index contributed by atoms with van der Waals surface area (Å²) in [6.07, 6.45) is 0. The minimum absolute atomic E-state index is 0.115. The maximum atomic E-state index is 12.1. The molecule has 0 aliphatic rings. The van der Waals surface area contributed by atoms with Gasteiger partial charge in [0, 0.05) is 16.1 Å². The molecule has 0 aliphatic heterocycles. The maximum absolute atomic E-state index is 12.1. The van der Waals surface area contributed by atoms with Crippen LogP contribution in [0, 0.1) is 10.1 Å². The van der Waals surface area contributed by atoms with E-state index in [1.54, 1.807) is 6.07 Å². The third-order valence-corrected chi connectivity index (χ3v) is 3.36. The zero-order valence-electron chi connectivity index (χ0n) is 10.3. The molecule has 2 rings (SSSR count). The van der Waals surface area contributed by atoms with Crippen molar-refractivity contribution in [2.24, 2.45) is 0 Å². The van der Waals surface area contributed by atoms with E-state index >= 15 is 0 Å². The number of benzene rings is 2. The molecule has 0 saturated heterocycles. The fraction of sp³-hybridized carbons (Fsp3) is 0. The summed E-state index contributed by atoms with van der Waals surface area (Å²) in [6.45, 7) is 0. The molecule has 0 atom stereocenters. The summed E-state index contributed by atoms with van der Waals surface area (Å²) >= 11 is 17.4. The number of nitrogens with one attached hydrogen (secondary N) is 1. The number of nitro benzene ring substituents is 1. The van der Waals surface area contributed by atoms with Gasteiger partial charge in [-0.25, -0.2) is 0 Å². The van der Waals surface area contributed by atoms with Crippen LogP contribution in [0.4, 0.5) is 11.4 Å². The minimum Gasteiger partial charge on any atom is -0.320 e. The van der Waals surface area contributed by atoms with Gasteiger partial charge in [0.05, 0.1) is 15.6 Å². The predicted molar refractivity (Wildman–Crippen MR) is 82.5 cm³/mol. The second-order valence-electron chi connectivity index (χ2n) is 4.00. The molecule has 0 aliphatic carbocycles. The fourth-order valence-corrected chi connectivity index (χ4v) is 2.25. The Morgan fingerprint density at radius 1 is 1.05 bits per heavy atom. The average Bonchev–Trinajstić information content (AvgIpc) is 2.41. The van der Waals surface area contributed by atoms with E-state index in [2.05, 4.69) is 5.32 Å². The van der Waals surface area contributed by atoms with Crippen molar-refractivity contribution >= 4 is 52.1 Å². The van der Waals surface area contributed by atoms with Gasteiger partial charge in [-0.3, -0.25) is 14.9 Å². The smallest absolute Gasteiger partial charge is 0.283 e. The lowest BCUT2D eigenvalue weighted by molar-refractivity contribution is -0.385. The third kappa shape index (κ3) is 3.64. The van der Waals surface area contributed by atoms with E-state index in [-0.39, 0.29) is 21.3 Å². The number of rotatable bonds is 3. The van der Waals surface area contributed by atoms with Crippen LogP contribution in [0.3, 0.4) is 0 Å². The molecule has 5 nitrogen and oxygen atoms in total. The van der Waals surface area contributed by atoms with Crippen LogP contribution in [0.1, 0.15) is 10.4 Å². The highest BCUT2D eigenvalue weighted by molar-refractivity contribution is 6.37. The van der Waals surface area contributed by atoms with Gasteiger partial charge in [0.25, 0.3) is 11.6 Å². The first-order valence-corrected chi connectivity index (χ1v) is 6.72. The molecule has 2 aromatic carbocycles. The largest absolute Gasteiger partial charge is 0.320 e. The van der Waals surface area contributed by atoms with Crippen molar-refractivity contribution in [1.82, 2.24) is 0 Å². The normalized spacial score (nSPS) is 10.2. The van der Waals surface area contributed by atoms with Crippen molar-refractivity contribution in [3.63, 3.8) is 0 Å². The maximum Gasteiger partial charge on any atom is 0.283 e. The summed E-state index contributed by atoms with van der Waals surface area (Å²) in [5.74, 6) is -0.664. The molecule has 0 aromatic heterocycles. The topological polar surface area (TPSA) is 72.2 Å². The second-order valence-corrected chi connectivity index (χ2v) is 5.28. The van der Waals surface area contributed by atoms with E-state index in [1.807, 2.05) is 0 Å². The molecule has 0 saturated carbocycles. The number of halogens is 3. The van der Waals surface area contributed by atoms with Crippen molar-refractivity contribution in [2.75, 3.05) is 5.32 Å². The number of carbonyl (C=O) groups excluding carboxylic acids is 1. The molecule has 0 bridgehead atoms. The van der Waals surface area contributed by atoms with E-state index in [1.165, 1.54) is 24.3 Å². The number of nitrogens with zero attached hydrogens (tertiary/aromatic N) is 1. The highest BCUT2D eigenvalue weighted by atomic mass is 35.5. The molecule has 0 radical (unpaired) electrons. The average molecular weight is 346 g/mol. The van der Waals surface area contributed by atoms with Gasteiger partial charge in [-0.1, -0.05) is 34.8 Å². The summed E-state index contributed by atoms with van der Waals surface area (Å²) in [5, 5.41) is 14.3. The zero-order valence-corrected chi connectivity index (χ0v) is 12.5. The number of hydrogen-bond donors (Lipinski definition) is 1. The fourth-order valence-electron chi connectivity index (χ4n) is 1.63. The summed E-state index contributed by atoms with van der Waals surface area (Å²) in [4.78, 5) is 22.4. The van der Waals surface area contributed by atoms with E-state index in [9.17, 15) is 14.9 Å². The van der Waals surface area contributed by atoms with Crippen LogP contribution in [0.15, 0.2) is 36.4 Å². The minimum atomic E-state index is -0.676. The first-order chi connectivity index (χ1) is 9.88. The van der Waals surface area contributed by atoms with Gasteiger partial charge in [-0.2, -0.15) is 0 Å². The Hall–Kier alpha value is -1.82. The molecule has 0 unspecified atom stereocenters. The van der Waals surface area contributed by atoms with E-state index in [0.29, 0.717) is 10.7 Å². The summed E-state index contributed by atoms with van der Waals surface area (Å²) in [7, 11) is 0. The lowest BCUT2D eigenvalue weighted by atomic mass is 10.1. The van der Waals surface area contributed by atoms with Crippen LogP contribution in [0.5, 0.6) is 0 Å². The predicted octanol–water partition coefficient (Wildman–Crippen LogP) is 4.81. The number of carbonyl (C=O) groups is 1. The van der Waals surface area contributed by atoms with Gasteiger partial charge in [-0.05, 0) is 30.3 Å². The molecule has 8 heteroatoms. The van der Waals surface area contributed by atoms with Crippen molar-refractivity contribution in [3.05, 3.63) is 67.1 Å². The van der Waals surface area contributed by atoms with Crippen LogP contribution in [0.25, 0.3) is 0 Å². The first-order valence-electron chi connectivity index (χ1n) is 5.59. The molecular formula is C13H7Cl3N2O3. The number of nitro groups is 1. The van der Waals surface area contributed by atoms with E-state index < -0.39 is 10.8 Å². The molecular weight excluding hydrogens is 339 g/mol. The Morgan fingerprint density at radius 3 is 2.29 bits per heavy atom. The molecule has 1 N–H and O–H groups in total. The molecule has 0 fully saturated rings. The number of hydrogen-bond acceptors (Lipinski definition) is 3. The van der Waals surface area contributed by atoms with Gasteiger partial charge in [0.15, 0.2) is 0 Å². The Bertz CT molecular complexity index is 735. The van der Waals surface area contributed by atoms with Gasteiger partial charge < -0.3 is 5.32 Å². The third-order valence-electron chi connectivity index (χ3n) is 2.58. The van der Waals surface area contributed by atoms with E-state index in [4.69, 9.17) is 34.8 Å². The van der Waals surface area contributed by atoms with Crippen LogP contribution in [-0.4, -0.2) is 10.8 Å². The van der Waals surface area contributed by atoms with Gasteiger partial charge in [0.1, 0.15) is 5.56 Å². The van der Waals surface area contributed by atoms with Crippen LogP contribution >= 0.6 is 34.8 Å². The highest BCUT2D eigenvalue weighted by Gasteiger charge is 2.21. The van der Waals surface area contributed by atoms with E-state index in [0.717, 1.165) is 6.07 Å². The Morgan fingerprint density at radius 2 is 1.67 bits per heavy atom. The summed E-state index contributed by atoms with van der Waals surface area (Å²) in [6, 6.07) is 8.28. The molecule has 21 heavy (non-hydrogen) atoms. The zero-order chi connectivity index (χ0) is 15.6. The first kappa shape index (κ1) is 15.6. The Kier molecular flexibility index (Phi) is 4.67. The second kappa shape index (κ2) is 6.30. The van der Waals surface area contributed by atoms with Crippen LogP contribution < -0.4 is 5.32 Å². The highest BCUT2D eigenvalue weighted by Crippen LogP contribution is 2.28. The van der Waals surface area contributed by atoms with Crippen molar-refractivity contribution < 1.29 is 9.72 Å².